The van der Waals surface area contributed by atoms with Crippen LogP contribution in [0.4, 0.5) is 0 Å². The van der Waals surface area contributed by atoms with E-state index in [4.69, 9.17) is 0 Å². The Balaban J connectivity index is 1.68. The lowest BCUT2D eigenvalue weighted by Gasteiger charge is -2.20. The lowest BCUT2D eigenvalue weighted by atomic mass is 10.1. The second-order valence-corrected chi connectivity index (χ2v) is 6.50. The average molecular weight is 294 g/mol. The number of hydrogen-bond donors (Lipinski definition) is 1. The molecule has 0 spiro atoms. The van der Waals surface area contributed by atoms with Gasteiger partial charge in [-0.25, -0.2) is 0 Å². The van der Waals surface area contributed by atoms with Gasteiger partial charge in [-0.05, 0) is 49.3 Å². The normalized spacial score (nSPS) is 24.7. The Kier molecular flexibility index (Phi) is 3.27. The Morgan fingerprint density at radius 3 is 2.94 bits per heavy atom. The van der Waals surface area contributed by atoms with E-state index in [0.717, 1.165) is 5.92 Å². The van der Waals surface area contributed by atoms with Crippen LogP contribution in [0.5, 0.6) is 0 Å². The highest BCUT2D eigenvalue weighted by atomic mass is 79.9. The topological polar surface area (TPSA) is 12.0 Å². The molecule has 1 fully saturated rings. The maximum Gasteiger partial charge on any atom is 0.0328 e. The van der Waals surface area contributed by atoms with Crippen LogP contribution < -0.4 is 5.32 Å². The Labute approximate surface area is 112 Å². The van der Waals surface area contributed by atoms with Crippen molar-refractivity contribution in [3.63, 3.8) is 0 Å². The third-order valence-electron chi connectivity index (χ3n) is 4.08. The second kappa shape index (κ2) is 4.74. The molecule has 17 heavy (non-hydrogen) atoms. The molecular formula is C15H20BrN. The molecule has 0 heterocycles. The second-order valence-electron chi connectivity index (χ2n) is 5.65. The van der Waals surface area contributed by atoms with Gasteiger partial charge >= 0.3 is 0 Å². The fourth-order valence-corrected chi connectivity index (χ4v) is 3.63. The number of fused-ring (bicyclic) bond motifs is 1. The van der Waals surface area contributed by atoms with Gasteiger partial charge in [0.05, 0.1) is 0 Å². The molecule has 1 saturated carbocycles. The van der Waals surface area contributed by atoms with Crippen molar-refractivity contribution in [1.29, 1.82) is 0 Å². The maximum atomic E-state index is 3.81. The quantitative estimate of drug-likeness (QED) is 0.877. The van der Waals surface area contributed by atoms with E-state index in [1.807, 2.05) is 0 Å². The van der Waals surface area contributed by atoms with Crippen LogP contribution >= 0.6 is 15.9 Å². The molecule has 0 radical (unpaired) electrons. The number of hydrogen-bond acceptors (Lipinski definition) is 1. The van der Waals surface area contributed by atoms with Gasteiger partial charge < -0.3 is 5.32 Å². The highest BCUT2D eigenvalue weighted by Gasteiger charge is 2.28. The first-order chi connectivity index (χ1) is 8.24. The molecule has 1 aromatic rings. The third-order valence-corrected chi connectivity index (χ3v) is 4.83. The van der Waals surface area contributed by atoms with Crippen molar-refractivity contribution in [2.75, 3.05) is 0 Å². The van der Waals surface area contributed by atoms with E-state index in [2.05, 4.69) is 46.4 Å². The summed E-state index contributed by atoms with van der Waals surface area (Å²) in [6, 6.07) is 7.85. The SMILES string of the molecule is CC(CC1CC1)NC1CCc2c(Br)cccc21. The lowest BCUT2D eigenvalue weighted by Crippen LogP contribution is -2.29. The van der Waals surface area contributed by atoms with Crippen molar-refractivity contribution in [2.45, 2.75) is 51.1 Å². The molecule has 1 nitrogen and oxygen atoms in total. The molecule has 2 aliphatic rings. The zero-order valence-electron chi connectivity index (χ0n) is 10.4. The van der Waals surface area contributed by atoms with E-state index in [1.54, 1.807) is 0 Å². The van der Waals surface area contributed by atoms with Gasteiger partial charge in [-0.2, -0.15) is 0 Å². The largest absolute Gasteiger partial charge is 0.307 e. The van der Waals surface area contributed by atoms with Crippen LogP contribution in [-0.2, 0) is 6.42 Å². The summed E-state index contributed by atoms with van der Waals surface area (Å²) in [6.45, 7) is 2.34. The summed E-state index contributed by atoms with van der Waals surface area (Å²) in [5.41, 5.74) is 3.03. The van der Waals surface area contributed by atoms with Crippen molar-refractivity contribution >= 4 is 15.9 Å². The fraction of sp³-hybridized carbons (Fsp3) is 0.600. The third kappa shape index (κ3) is 2.58. The highest BCUT2D eigenvalue weighted by molar-refractivity contribution is 9.10. The predicted molar refractivity (Wildman–Crippen MR) is 75.1 cm³/mol. The Bertz CT molecular complexity index is 411. The number of nitrogens with one attached hydrogen (secondary N) is 1. The van der Waals surface area contributed by atoms with Crippen LogP contribution in [0.25, 0.3) is 0 Å². The molecule has 2 unspecified atom stereocenters. The van der Waals surface area contributed by atoms with Crippen molar-refractivity contribution in [2.24, 2.45) is 5.92 Å². The minimum atomic E-state index is 0.580. The van der Waals surface area contributed by atoms with Crippen LogP contribution in [0.2, 0.25) is 0 Å². The Hall–Kier alpha value is -0.340. The van der Waals surface area contributed by atoms with Gasteiger partial charge in [0, 0.05) is 16.6 Å². The Morgan fingerprint density at radius 2 is 2.18 bits per heavy atom. The molecule has 2 heteroatoms. The summed E-state index contributed by atoms with van der Waals surface area (Å²) in [4.78, 5) is 0. The van der Waals surface area contributed by atoms with Crippen LogP contribution in [-0.4, -0.2) is 6.04 Å². The van der Waals surface area contributed by atoms with Crippen LogP contribution in [0.3, 0.4) is 0 Å². The van der Waals surface area contributed by atoms with Crippen molar-refractivity contribution < 1.29 is 0 Å². The van der Waals surface area contributed by atoms with Crippen LogP contribution in [0, 0.1) is 5.92 Å². The van der Waals surface area contributed by atoms with Gasteiger partial charge in [-0.3, -0.25) is 0 Å². The van der Waals surface area contributed by atoms with E-state index in [0.29, 0.717) is 12.1 Å². The summed E-state index contributed by atoms with van der Waals surface area (Å²) in [7, 11) is 0. The van der Waals surface area contributed by atoms with Crippen LogP contribution in [0.1, 0.15) is 49.8 Å². The zero-order valence-corrected chi connectivity index (χ0v) is 12.0. The molecule has 92 valence electrons. The van der Waals surface area contributed by atoms with Crippen molar-refractivity contribution in [1.82, 2.24) is 5.32 Å². The molecule has 3 rings (SSSR count). The molecule has 0 bridgehead atoms. The first-order valence-electron chi connectivity index (χ1n) is 6.77. The maximum absolute atomic E-state index is 3.81. The standard InChI is InChI=1S/C15H20BrN/c1-10(9-11-5-6-11)17-15-8-7-12-13(15)3-2-4-14(12)16/h2-4,10-11,15,17H,5-9H2,1H3. The van der Waals surface area contributed by atoms with E-state index in [1.165, 1.54) is 47.7 Å². The predicted octanol–water partition coefficient (Wildman–Crippen LogP) is 4.21. The number of rotatable bonds is 4. The van der Waals surface area contributed by atoms with Gasteiger partial charge in [0.1, 0.15) is 0 Å². The van der Waals surface area contributed by atoms with E-state index in [-0.39, 0.29) is 0 Å². The first kappa shape index (κ1) is 11.7. The minimum Gasteiger partial charge on any atom is -0.307 e. The molecule has 0 amide bonds. The van der Waals surface area contributed by atoms with Crippen molar-refractivity contribution in [3.05, 3.63) is 33.8 Å². The van der Waals surface area contributed by atoms with E-state index < -0.39 is 0 Å². The smallest absolute Gasteiger partial charge is 0.0328 e. The van der Waals surface area contributed by atoms with Gasteiger partial charge in [0.25, 0.3) is 0 Å². The summed E-state index contributed by atoms with van der Waals surface area (Å²) in [6.07, 6.45) is 6.75. The molecule has 2 aliphatic carbocycles. The molecule has 0 saturated heterocycles. The monoisotopic (exact) mass is 293 g/mol. The summed E-state index contributed by atoms with van der Waals surface area (Å²) in [5, 5.41) is 3.81. The summed E-state index contributed by atoms with van der Waals surface area (Å²) in [5.74, 6) is 1.01. The van der Waals surface area contributed by atoms with E-state index >= 15 is 0 Å². The summed E-state index contributed by atoms with van der Waals surface area (Å²) < 4.78 is 1.29. The zero-order chi connectivity index (χ0) is 11.8. The minimum absolute atomic E-state index is 0.580. The molecule has 0 aromatic heterocycles. The first-order valence-corrected chi connectivity index (χ1v) is 7.56. The summed E-state index contributed by atoms with van der Waals surface area (Å²) >= 11 is 3.66. The highest BCUT2D eigenvalue weighted by Crippen LogP contribution is 2.37. The number of halogens is 1. The van der Waals surface area contributed by atoms with Gasteiger partial charge in [0.2, 0.25) is 0 Å². The fourth-order valence-electron chi connectivity index (χ4n) is 3.05. The lowest BCUT2D eigenvalue weighted by molar-refractivity contribution is 0.419. The molecule has 2 atom stereocenters. The molecule has 0 aliphatic heterocycles. The van der Waals surface area contributed by atoms with Gasteiger partial charge in [-0.1, -0.05) is 40.9 Å². The average Bonchev–Trinajstić information content (AvgIpc) is 3.00. The van der Waals surface area contributed by atoms with Crippen molar-refractivity contribution in [3.8, 4) is 0 Å². The van der Waals surface area contributed by atoms with Gasteiger partial charge in [-0.15, -0.1) is 0 Å². The van der Waals surface area contributed by atoms with Crippen LogP contribution in [0.15, 0.2) is 22.7 Å². The Morgan fingerprint density at radius 1 is 1.35 bits per heavy atom. The number of benzene rings is 1. The van der Waals surface area contributed by atoms with Gasteiger partial charge in [0.15, 0.2) is 0 Å². The molecule has 1 aromatic carbocycles. The molecule has 1 N–H and O–H groups in total. The van der Waals surface area contributed by atoms with E-state index in [9.17, 15) is 0 Å². The molecular weight excluding hydrogens is 274 g/mol.